The Kier molecular flexibility index (Phi) is 4.01. The number of nitrogens with one attached hydrogen (secondary N) is 2. The van der Waals surface area contributed by atoms with Gasteiger partial charge in [0.2, 0.25) is 0 Å². The summed E-state index contributed by atoms with van der Waals surface area (Å²) < 4.78 is 0. The summed E-state index contributed by atoms with van der Waals surface area (Å²) in [6.45, 7) is 11.6. The summed E-state index contributed by atoms with van der Waals surface area (Å²) in [4.78, 5) is 10.9. The lowest BCUT2D eigenvalue weighted by atomic mass is 9.97. The van der Waals surface area contributed by atoms with Crippen molar-refractivity contribution in [3.05, 3.63) is 12.4 Å². The SMILES string of the molecule is CC(C)(C)CNc1cc(N2CCNCC2)ncn1. The van der Waals surface area contributed by atoms with Crippen LogP contribution in [0.3, 0.4) is 0 Å². The number of aromatic nitrogens is 2. The van der Waals surface area contributed by atoms with Gasteiger partial charge in [-0.05, 0) is 5.41 Å². The van der Waals surface area contributed by atoms with Crippen molar-refractivity contribution >= 4 is 11.6 Å². The Labute approximate surface area is 109 Å². The molecule has 0 amide bonds. The number of anilines is 2. The van der Waals surface area contributed by atoms with E-state index in [0.29, 0.717) is 0 Å². The monoisotopic (exact) mass is 249 g/mol. The molecule has 2 N–H and O–H groups in total. The summed E-state index contributed by atoms with van der Waals surface area (Å²) in [6, 6.07) is 2.04. The third-order valence-corrected chi connectivity index (χ3v) is 2.89. The van der Waals surface area contributed by atoms with E-state index in [1.807, 2.05) is 6.07 Å². The Morgan fingerprint density at radius 3 is 2.67 bits per heavy atom. The number of piperazine rings is 1. The Morgan fingerprint density at radius 2 is 2.00 bits per heavy atom. The maximum Gasteiger partial charge on any atom is 0.134 e. The lowest BCUT2D eigenvalue weighted by molar-refractivity contribution is 0.442. The van der Waals surface area contributed by atoms with Gasteiger partial charge in [0.1, 0.15) is 18.0 Å². The van der Waals surface area contributed by atoms with Gasteiger partial charge in [-0.25, -0.2) is 9.97 Å². The summed E-state index contributed by atoms with van der Waals surface area (Å²) in [5.74, 6) is 1.93. The molecule has 0 bridgehead atoms. The van der Waals surface area contributed by atoms with Crippen LogP contribution in [0.15, 0.2) is 12.4 Å². The molecule has 1 saturated heterocycles. The van der Waals surface area contributed by atoms with Crippen molar-refractivity contribution in [2.45, 2.75) is 20.8 Å². The van der Waals surface area contributed by atoms with Gasteiger partial charge < -0.3 is 15.5 Å². The summed E-state index contributed by atoms with van der Waals surface area (Å²) in [6.07, 6.45) is 1.64. The molecule has 1 aromatic heterocycles. The average molecular weight is 249 g/mol. The van der Waals surface area contributed by atoms with Crippen LogP contribution in [0.1, 0.15) is 20.8 Å². The van der Waals surface area contributed by atoms with E-state index in [1.165, 1.54) is 0 Å². The quantitative estimate of drug-likeness (QED) is 0.847. The van der Waals surface area contributed by atoms with Crippen LogP contribution in [0.2, 0.25) is 0 Å². The van der Waals surface area contributed by atoms with Crippen LogP contribution in [0.5, 0.6) is 0 Å². The zero-order chi connectivity index (χ0) is 13.0. The number of hydrogen-bond acceptors (Lipinski definition) is 5. The fraction of sp³-hybridized carbons (Fsp3) is 0.692. The first-order chi connectivity index (χ1) is 8.54. The van der Waals surface area contributed by atoms with Crippen molar-refractivity contribution in [2.24, 2.45) is 5.41 Å². The molecular formula is C13H23N5. The topological polar surface area (TPSA) is 53.1 Å². The van der Waals surface area contributed by atoms with Crippen LogP contribution in [-0.4, -0.2) is 42.7 Å². The predicted octanol–water partition coefficient (Wildman–Crippen LogP) is 1.34. The fourth-order valence-electron chi connectivity index (χ4n) is 1.87. The molecule has 18 heavy (non-hydrogen) atoms. The highest BCUT2D eigenvalue weighted by atomic mass is 15.2. The van der Waals surface area contributed by atoms with Crippen LogP contribution in [0.4, 0.5) is 11.6 Å². The smallest absolute Gasteiger partial charge is 0.134 e. The Morgan fingerprint density at radius 1 is 1.28 bits per heavy atom. The maximum atomic E-state index is 4.35. The molecule has 0 saturated carbocycles. The van der Waals surface area contributed by atoms with E-state index in [0.717, 1.165) is 44.4 Å². The Bertz CT molecular complexity index is 379. The van der Waals surface area contributed by atoms with Crippen LogP contribution >= 0.6 is 0 Å². The fourth-order valence-corrected chi connectivity index (χ4v) is 1.87. The lowest BCUT2D eigenvalue weighted by Gasteiger charge is -2.28. The van der Waals surface area contributed by atoms with Crippen molar-refractivity contribution in [3.63, 3.8) is 0 Å². The molecule has 5 heteroatoms. The zero-order valence-corrected chi connectivity index (χ0v) is 11.5. The molecule has 0 aromatic carbocycles. The standard InChI is InChI=1S/C13H23N5/c1-13(2,3)9-15-11-8-12(17-10-16-11)18-6-4-14-5-7-18/h8,10,14H,4-7,9H2,1-3H3,(H,15,16,17). The highest BCUT2D eigenvalue weighted by molar-refractivity contribution is 5.48. The van der Waals surface area contributed by atoms with Crippen molar-refractivity contribution in [1.29, 1.82) is 0 Å². The van der Waals surface area contributed by atoms with Gasteiger partial charge in [-0.1, -0.05) is 20.8 Å². The largest absolute Gasteiger partial charge is 0.369 e. The van der Waals surface area contributed by atoms with E-state index in [4.69, 9.17) is 0 Å². The summed E-state index contributed by atoms with van der Waals surface area (Å²) in [5.41, 5.74) is 0.250. The minimum absolute atomic E-state index is 0.250. The normalized spacial score (nSPS) is 16.7. The molecule has 5 nitrogen and oxygen atoms in total. The molecule has 0 atom stereocenters. The van der Waals surface area contributed by atoms with E-state index >= 15 is 0 Å². The molecule has 1 aliphatic rings. The molecule has 2 rings (SSSR count). The lowest BCUT2D eigenvalue weighted by Crippen LogP contribution is -2.43. The second kappa shape index (κ2) is 5.52. The maximum absolute atomic E-state index is 4.35. The molecule has 1 aliphatic heterocycles. The van der Waals surface area contributed by atoms with Crippen LogP contribution < -0.4 is 15.5 Å². The molecule has 0 aliphatic carbocycles. The number of rotatable bonds is 3. The molecule has 0 unspecified atom stereocenters. The van der Waals surface area contributed by atoms with Crippen LogP contribution in [-0.2, 0) is 0 Å². The minimum atomic E-state index is 0.250. The third-order valence-electron chi connectivity index (χ3n) is 2.89. The van der Waals surface area contributed by atoms with E-state index in [-0.39, 0.29) is 5.41 Å². The second-order valence-electron chi connectivity index (χ2n) is 5.91. The first kappa shape index (κ1) is 13.1. The highest BCUT2D eigenvalue weighted by Gasteiger charge is 2.13. The van der Waals surface area contributed by atoms with Gasteiger partial charge in [-0.3, -0.25) is 0 Å². The number of nitrogens with zero attached hydrogens (tertiary/aromatic N) is 3. The van der Waals surface area contributed by atoms with Crippen molar-refractivity contribution in [3.8, 4) is 0 Å². The van der Waals surface area contributed by atoms with E-state index in [2.05, 4.69) is 46.3 Å². The van der Waals surface area contributed by atoms with Gasteiger partial charge in [-0.2, -0.15) is 0 Å². The summed E-state index contributed by atoms with van der Waals surface area (Å²) in [5, 5.41) is 6.71. The summed E-state index contributed by atoms with van der Waals surface area (Å²) >= 11 is 0. The van der Waals surface area contributed by atoms with Gasteiger partial charge in [0.25, 0.3) is 0 Å². The van der Waals surface area contributed by atoms with Crippen LogP contribution in [0.25, 0.3) is 0 Å². The predicted molar refractivity (Wildman–Crippen MR) is 75.1 cm³/mol. The molecular weight excluding hydrogens is 226 g/mol. The zero-order valence-electron chi connectivity index (χ0n) is 11.5. The molecule has 1 fully saturated rings. The first-order valence-electron chi connectivity index (χ1n) is 6.56. The van der Waals surface area contributed by atoms with Gasteiger partial charge in [0, 0.05) is 38.8 Å². The molecule has 2 heterocycles. The molecule has 0 radical (unpaired) electrons. The first-order valence-corrected chi connectivity index (χ1v) is 6.56. The molecule has 0 spiro atoms. The van der Waals surface area contributed by atoms with Crippen molar-refractivity contribution in [1.82, 2.24) is 15.3 Å². The van der Waals surface area contributed by atoms with E-state index in [1.54, 1.807) is 6.33 Å². The Hall–Kier alpha value is -1.36. The third kappa shape index (κ3) is 3.84. The van der Waals surface area contributed by atoms with E-state index < -0.39 is 0 Å². The van der Waals surface area contributed by atoms with Gasteiger partial charge in [0.15, 0.2) is 0 Å². The van der Waals surface area contributed by atoms with Gasteiger partial charge >= 0.3 is 0 Å². The Balaban J connectivity index is 2.00. The number of hydrogen-bond donors (Lipinski definition) is 2. The molecule has 1 aromatic rings. The highest BCUT2D eigenvalue weighted by Crippen LogP contribution is 2.17. The van der Waals surface area contributed by atoms with Crippen molar-refractivity contribution < 1.29 is 0 Å². The van der Waals surface area contributed by atoms with Crippen LogP contribution in [0, 0.1) is 5.41 Å². The minimum Gasteiger partial charge on any atom is -0.369 e. The second-order valence-corrected chi connectivity index (χ2v) is 5.91. The van der Waals surface area contributed by atoms with Gasteiger partial charge in [0.05, 0.1) is 0 Å². The van der Waals surface area contributed by atoms with E-state index in [9.17, 15) is 0 Å². The van der Waals surface area contributed by atoms with Crippen molar-refractivity contribution in [2.75, 3.05) is 42.9 Å². The molecule has 100 valence electrons. The average Bonchev–Trinajstić information content (AvgIpc) is 2.37. The van der Waals surface area contributed by atoms with Gasteiger partial charge in [-0.15, -0.1) is 0 Å². The summed E-state index contributed by atoms with van der Waals surface area (Å²) in [7, 11) is 0.